The molecule has 0 heterocycles. The molecule has 4 nitrogen and oxygen atoms in total. The van der Waals surface area contributed by atoms with Crippen LogP contribution in [0.2, 0.25) is 0 Å². The normalized spacial score (nSPS) is 10.2. The lowest BCUT2D eigenvalue weighted by molar-refractivity contribution is 0.207. The largest absolute Gasteiger partial charge is 0.419 e. The van der Waals surface area contributed by atoms with E-state index in [9.17, 15) is 9.18 Å². The van der Waals surface area contributed by atoms with Gasteiger partial charge >= 0.3 is 6.09 Å². The number of anilines is 2. The van der Waals surface area contributed by atoms with Gasteiger partial charge in [-0.25, -0.2) is 9.18 Å². The van der Waals surface area contributed by atoms with Crippen LogP contribution < -0.4 is 15.0 Å². The minimum atomic E-state index is -0.510. The second-order valence-electron chi connectivity index (χ2n) is 5.43. The summed E-state index contributed by atoms with van der Waals surface area (Å²) in [6, 6.07) is 12.8. The van der Waals surface area contributed by atoms with Gasteiger partial charge in [0.1, 0.15) is 11.6 Å². The van der Waals surface area contributed by atoms with Crippen molar-refractivity contribution in [2.24, 2.45) is 0 Å². The molecule has 0 unspecified atom stereocenters. The predicted molar refractivity (Wildman–Crippen MR) is 103 cm³/mol. The topological polar surface area (TPSA) is 41.6 Å². The first-order chi connectivity index (χ1) is 12.0. The van der Waals surface area contributed by atoms with Crippen molar-refractivity contribution in [3.63, 3.8) is 0 Å². The molecule has 6 heteroatoms. The van der Waals surface area contributed by atoms with Crippen LogP contribution in [-0.2, 0) is 0 Å². The Bertz CT molecular complexity index is 734. The van der Waals surface area contributed by atoms with Crippen LogP contribution in [0, 0.1) is 5.82 Å². The number of carbonyl (C=O) groups excluding carboxylic acids is 1. The number of hydrogen-bond acceptors (Lipinski definition) is 3. The van der Waals surface area contributed by atoms with Crippen LogP contribution in [-0.4, -0.2) is 17.6 Å². The van der Waals surface area contributed by atoms with Crippen molar-refractivity contribution in [3.8, 4) is 5.75 Å². The Hall–Kier alpha value is -2.47. The van der Waals surface area contributed by atoms with E-state index in [1.54, 1.807) is 30.3 Å². The van der Waals surface area contributed by atoms with Gasteiger partial charge in [0.15, 0.2) is 0 Å². The van der Waals surface area contributed by atoms with Gasteiger partial charge in [-0.1, -0.05) is 32.1 Å². The highest BCUT2D eigenvalue weighted by Gasteiger charge is 2.17. The van der Waals surface area contributed by atoms with Crippen molar-refractivity contribution in [3.05, 3.63) is 54.3 Å². The SMILES string of the molecule is CCCN(C(=O)Oc1cccc(NC(=S)CC)c1)c1ccc(F)cc1. The quantitative estimate of drug-likeness (QED) is 0.701. The smallest absolute Gasteiger partial charge is 0.410 e. The molecule has 1 N–H and O–H groups in total. The van der Waals surface area contributed by atoms with Crippen LogP contribution >= 0.6 is 12.2 Å². The summed E-state index contributed by atoms with van der Waals surface area (Å²) in [5.74, 6) is 0.0661. The minimum Gasteiger partial charge on any atom is -0.410 e. The van der Waals surface area contributed by atoms with Crippen molar-refractivity contribution >= 4 is 34.7 Å². The van der Waals surface area contributed by atoms with Crippen molar-refractivity contribution in [2.75, 3.05) is 16.8 Å². The molecular formula is C19H21FN2O2S. The number of rotatable bonds is 6. The molecule has 1 amide bonds. The van der Waals surface area contributed by atoms with Crippen LogP contribution in [0.15, 0.2) is 48.5 Å². The molecule has 0 bridgehead atoms. The van der Waals surface area contributed by atoms with Gasteiger partial charge in [-0.05, 0) is 49.2 Å². The van der Waals surface area contributed by atoms with Gasteiger partial charge in [-0.3, -0.25) is 4.90 Å². The molecule has 0 aliphatic rings. The van der Waals surface area contributed by atoms with Gasteiger partial charge < -0.3 is 10.1 Å². The summed E-state index contributed by atoms with van der Waals surface area (Å²) >= 11 is 5.16. The second-order valence-corrected chi connectivity index (χ2v) is 5.92. The molecule has 0 saturated carbocycles. The van der Waals surface area contributed by atoms with Crippen molar-refractivity contribution < 1.29 is 13.9 Å². The summed E-state index contributed by atoms with van der Waals surface area (Å²) in [6.07, 6.45) is 0.969. The lowest BCUT2D eigenvalue weighted by Gasteiger charge is -2.21. The maximum absolute atomic E-state index is 13.1. The van der Waals surface area contributed by atoms with Gasteiger partial charge in [0.05, 0.1) is 4.99 Å². The third-order valence-electron chi connectivity index (χ3n) is 3.45. The molecule has 2 aromatic carbocycles. The highest BCUT2D eigenvalue weighted by atomic mass is 32.1. The van der Waals surface area contributed by atoms with Gasteiger partial charge in [0, 0.05) is 24.0 Å². The van der Waals surface area contributed by atoms with E-state index in [1.807, 2.05) is 19.9 Å². The lowest BCUT2D eigenvalue weighted by atomic mass is 10.2. The number of ether oxygens (including phenoxy) is 1. The number of amides is 1. The number of hydrogen-bond donors (Lipinski definition) is 1. The van der Waals surface area contributed by atoms with Gasteiger partial charge in [-0.2, -0.15) is 0 Å². The third-order valence-corrected chi connectivity index (χ3v) is 3.84. The van der Waals surface area contributed by atoms with E-state index in [0.29, 0.717) is 23.0 Å². The zero-order valence-corrected chi connectivity index (χ0v) is 15.1. The summed E-state index contributed by atoms with van der Waals surface area (Å²) in [5, 5.41) is 3.08. The molecule has 0 atom stereocenters. The number of nitrogens with one attached hydrogen (secondary N) is 1. The van der Waals surface area contributed by atoms with Crippen LogP contribution in [0.25, 0.3) is 0 Å². The molecule has 0 aromatic heterocycles. The first-order valence-electron chi connectivity index (χ1n) is 8.18. The fourth-order valence-corrected chi connectivity index (χ4v) is 2.33. The fourth-order valence-electron chi connectivity index (χ4n) is 2.21. The standard InChI is InChI=1S/C19H21FN2O2S/c1-3-12-22(16-10-8-14(20)9-11-16)19(23)24-17-7-5-6-15(13-17)21-18(25)4-2/h5-11,13H,3-4,12H2,1-2H3,(H,21,25). The van der Waals surface area contributed by atoms with E-state index in [1.165, 1.54) is 17.0 Å². The van der Waals surface area contributed by atoms with E-state index in [2.05, 4.69) is 5.32 Å². The monoisotopic (exact) mass is 360 g/mol. The zero-order chi connectivity index (χ0) is 18.2. The molecule has 0 aliphatic carbocycles. The van der Waals surface area contributed by atoms with Crippen molar-refractivity contribution in [1.29, 1.82) is 0 Å². The molecule has 0 saturated heterocycles. The zero-order valence-electron chi connectivity index (χ0n) is 14.3. The third kappa shape index (κ3) is 5.53. The fraction of sp³-hybridized carbons (Fsp3) is 0.263. The van der Waals surface area contributed by atoms with Gasteiger partial charge in [0.2, 0.25) is 0 Å². The summed E-state index contributed by atoms with van der Waals surface area (Å²) in [5.41, 5.74) is 1.36. The van der Waals surface area contributed by atoms with Crippen LogP contribution in [0.5, 0.6) is 5.75 Å². The van der Waals surface area contributed by atoms with Crippen molar-refractivity contribution in [1.82, 2.24) is 0 Å². The molecule has 2 aromatic rings. The number of thiocarbonyl (C=S) groups is 1. The Kier molecular flexibility index (Phi) is 6.89. The van der Waals surface area contributed by atoms with Crippen LogP contribution in [0.1, 0.15) is 26.7 Å². The Morgan fingerprint density at radius 2 is 1.92 bits per heavy atom. The Morgan fingerprint density at radius 3 is 2.56 bits per heavy atom. The van der Waals surface area contributed by atoms with E-state index in [4.69, 9.17) is 17.0 Å². The Morgan fingerprint density at radius 1 is 1.20 bits per heavy atom. The first kappa shape index (κ1) is 18.9. The maximum atomic E-state index is 13.1. The maximum Gasteiger partial charge on any atom is 0.419 e. The molecule has 0 aliphatic heterocycles. The second kappa shape index (κ2) is 9.13. The van der Waals surface area contributed by atoms with E-state index in [0.717, 1.165) is 18.5 Å². The number of benzene rings is 2. The Labute approximate surface area is 152 Å². The lowest BCUT2D eigenvalue weighted by Crippen LogP contribution is -2.34. The van der Waals surface area contributed by atoms with Crippen LogP contribution in [0.3, 0.4) is 0 Å². The first-order valence-corrected chi connectivity index (χ1v) is 8.59. The van der Waals surface area contributed by atoms with Crippen LogP contribution in [0.4, 0.5) is 20.6 Å². The summed E-state index contributed by atoms with van der Waals surface area (Å²) in [6.45, 7) is 4.40. The highest BCUT2D eigenvalue weighted by Crippen LogP contribution is 2.21. The Balaban J connectivity index is 2.14. The molecule has 2 rings (SSSR count). The average molecular weight is 360 g/mol. The number of halogens is 1. The van der Waals surface area contributed by atoms with E-state index >= 15 is 0 Å². The number of carbonyl (C=O) groups is 1. The summed E-state index contributed by atoms with van der Waals surface area (Å²) < 4.78 is 18.6. The molecular weight excluding hydrogens is 339 g/mol. The molecule has 0 fully saturated rings. The van der Waals surface area contributed by atoms with Crippen molar-refractivity contribution in [2.45, 2.75) is 26.7 Å². The highest BCUT2D eigenvalue weighted by molar-refractivity contribution is 7.80. The predicted octanol–water partition coefficient (Wildman–Crippen LogP) is 5.39. The van der Waals surface area contributed by atoms with E-state index < -0.39 is 6.09 Å². The summed E-state index contributed by atoms with van der Waals surface area (Å²) in [7, 11) is 0. The minimum absolute atomic E-state index is 0.348. The number of nitrogens with zero attached hydrogens (tertiary/aromatic N) is 1. The van der Waals surface area contributed by atoms with Gasteiger partial charge in [0.25, 0.3) is 0 Å². The average Bonchev–Trinajstić information content (AvgIpc) is 2.60. The summed E-state index contributed by atoms with van der Waals surface area (Å²) in [4.78, 5) is 14.7. The molecule has 0 spiro atoms. The molecule has 25 heavy (non-hydrogen) atoms. The van der Waals surface area contributed by atoms with Gasteiger partial charge in [-0.15, -0.1) is 0 Å². The molecule has 132 valence electrons. The van der Waals surface area contributed by atoms with E-state index in [-0.39, 0.29) is 5.82 Å². The molecule has 0 radical (unpaired) electrons.